The standard InChI is InChI=1S/C19H16F4N2O3/c20-18(21)27-15-7-5-12(11-16(15)28-19(22)23)6-8-17(26)25-10-2-3-13-14(25)4-1-9-24-13/h1,4-9,11,18-19H,2-3,10H2/b8-6+. The van der Waals surface area contributed by atoms with E-state index in [0.717, 1.165) is 36.4 Å². The molecule has 0 saturated carbocycles. The molecule has 0 bridgehead atoms. The molecule has 2 heterocycles. The number of fused-ring (bicyclic) bond motifs is 1. The summed E-state index contributed by atoms with van der Waals surface area (Å²) < 4.78 is 58.2. The summed E-state index contributed by atoms with van der Waals surface area (Å²) in [5.41, 5.74) is 1.87. The van der Waals surface area contributed by atoms with E-state index in [4.69, 9.17) is 0 Å². The smallest absolute Gasteiger partial charge is 0.387 e. The lowest BCUT2D eigenvalue weighted by Gasteiger charge is -2.27. The van der Waals surface area contributed by atoms with E-state index in [1.165, 1.54) is 18.2 Å². The molecule has 0 unspecified atom stereocenters. The maximum absolute atomic E-state index is 12.5. The normalized spacial score (nSPS) is 13.9. The van der Waals surface area contributed by atoms with E-state index in [0.29, 0.717) is 12.1 Å². The number of carbonyl (C=O) groups is 1. The summed E-state index contributed by atoms with van der Waals surface area (Å²) in [4.78, 5) is 18.4. The molecule has 0 aliphatic carbocycles. The number of pyridine rings is 1. The fourth-order valence-corrected chi connectivity index (χ4v) is 2.89. The van der Waals surface area contributed by atoms with Gasteiger partial charge in [0.05, 0.1) is 11.4 Å². The van der Waals surface area contributed by atoms with Crippen LogP contribution in [0, 0.1) is 0 Å². The third-order valence-corrected chi connectivity index (χ3v) is 4.04. The Hall–Kier alpha value is -3.10. The number of ether oxygens (including phenoxy) is 2. The fraction of sp³-hybridized carbons (Fsp3) is 0.263. The molecule has 0 N–H and O–H groups in total. The van der Waals surface area contributed by atoms with Crippen LogP contribution in [0.25, 0.3) is 6.08 Å². The van der Waals surface area contributed by atoms with E-state index >= 15 is 0 Å². The minimum Gasteiger partial charge on any atom is -0.431 e. The molecular formula is C19H16F4N2O3. The van der Waals surface area contributed by atoms with Crippen molar-refractivity contribution < 1.29 is 31.8 Å². The second kappa shape index (κ2) is 8.73. The SMILES string of the molecule is O=C(/C=C/c1ccc(OC(F)F)c(OC(F)F)c1)N1CCCc2ncccc21. The molecule has 1 aliphatic rings. The van der Waals surface area contributed by atoms with E-state index in [-0.39, 0.29) is 5.91 Å². The number of aryl methyl sites for hydroxylation is 1. The highest BCUT2D eigenvalue weighted by Crippen LogP contribution is 2.32. The largest absolute Gasteiger partial charge is 0.431 e. The van der Waals surface area contributed by atoms with Crippen molar-refractivity contribution >= 4 is 17.7 Å². The van der Waals surface area contributed by atoms with Crippen LogP contribution in [0.2, 0.25) is 0 Å². The molecule has 1 aromatic carbocycles. The van der Waals surface area contributed by atoms with Crippen molar-refractivity contribution in [1.29, 1.82) is 0 Å². The number of rotatable bonds is 6. The topological polar surface area (TPSA) is 51.7 Å². The van der Waals surface area contributed by atoms with E-state index in [1.54, 1.807) is 23.2 Å². The molecule has 5 nitrogen and oxygen atoms in total. The van der Waals surface area contributed by atoms with E-state index in [1.807, 2.05) is 0 Å². The Balaban J connectivity index is 1.79. The van der Waals surface area contributed by atoms with Crippen LogP contribution in [0.5, 0.6) is 11.5 Å². The minimum absolute atomic E-state index is 0.307. The van der Waals surface area contributed by atoms with Crippen molar-refractivity contribution in [2.24, 2.45) is 0 Å². The molecule has 0 saturated heterocycles. The number of anilines is 1. The second-order valence-electron chi connectivity index (χ2n) is 5.86. The molecule has 1 aliphatic heterocycles. The summed E-state index contributed by atoms with van der Waals surface area (Å²) in [5, 5.41) is 0. The third-order valence-electron chi connectivity index (χ3n) is 4.04. The summed E-state index contributed by atoms with van der Waals surface area (Å²) >= 11 is 0. The predicted molar refractivity (Wildman–Crippen MR) is 93.7 cm³/mol. The Bertz CT molecular complexity index is 874. The molecule has 28 heavy (non-hydrogen) atoms. The first-order valence-corrected chi connectivity index (χ1v) is 8.41. The molecule has 1 aromatic heterocycles. The van der Waals surface area contributed by atoms with Crippen LogP contribution in [0.1, 0.15) is 17.7 Å². The Morgan fingerprint density at radius 2 is 1.86 bits per heavy atom. The minimum atomic E-state index is -3.21. The Morgan fingerprint density at radius 3 is 2.61 bits per heavy atom. The molecule has 0 radical (unpaired) electrons. The number of aromatic nitrogens is 1. The summed E-state index contributed by atoms with van der Waals surface area (Å²) in [6, 6.07) is 7.07. The molecule has 148 valence electrons. The summed E-state index contributed by atoms with van der Waals surface area (Å²) in [5.74, 6) is -1.37. The molecular weight excluding hydrogens is 380 g/mol. The first kappa shape index (κ1) is 19.7. The van der Waals surface area contributed by atoms with Gasteiger partial charge in [-0.1, -0.05) is 6.07 Å². The second-order valence-corrected chi connectivity index (χ2v) is 5.86. The lowest BCUT2D eigenvalue weighted by molar-refractivity contribution is -0.114. The van der Waals surface area contributed by atoms with Crippen LogP contribution in [0.4, 0.5) is 23.2 Å². The number of hydrogen-bond donors (Lipinski definition) is 0. The lowest BCUT2D eigenvalue weighted by Crippen LogP contribution is -2.34. The average molecular weight is 396 g/mol. The van der Waals surface area contributed by atoms with Crippen molar-refractivity contribution in [1.82, 2.24) is 4.98 Å². The van der Waals surface area contributed by atoms with Crippen molar-refractivity contribution in [3.8, 4) is 11.5 Å². The van der Waals surface area contributed by atoms with Crippen LogP contribution in [0.3, 0.4) is 0 Å². The summed E-state index contributed by atoms with van der Waals surface area (Å²) in [6.45, 7) is -5.86. The number of alkyl halides is 4. The summed E-state index contributed by atoms with van der Waals surface area (Å²) in [7, 11) is 0. The quantitative estimate of drug-likeness (QED) is 0.540. The summed E-state index contributed by atoms with van der Waals surface area (Å²) in [6.07, 6.45) is 5.88. The molecule has 2 aromatic rings. The number of benzene rings is 1. The molecule has 9 heteroatoms. The third kappa shape index (κ3) is 4.79. The van der Waals surface area contributed by atoms with Crippen LogP contribution in [0.15, 0.2) is 42.6 Å². The molecule has 0 atom stereocenters. The van der Waals surface area contributed by atoms with Gasteiger partial charge in [0.15, 0.2) is 11.5 Å². The zero-order chi connectivity index (χ0) is 20.1. The number of halogens is 4. The van der Waals surface area contributed by atoms with Crippen LogP contribution in [-0.4, -0.2) is 30.7 Å². The number of carbonyl (C=O) groups excluding carboxylic acids is 1. The van der Waals surface area contributed by atoms with Gasteiger partial charge in [-0.25, -0.2) is 0 Å². The van der Waals surface area contributed by atoms with Gasteiger partial charge in [0.2, 0.25) is 0 Å². The van der Waals surface area contributed by atoms with Gasteiger partial charge in [-0.3, -0.25) is 9.78 Å². The van der Waals surface area contributed by atoms with E-state index in [9.17, 15) is 22.4 Å². The van der Waals surface area contributed by atoms with Gasteiger partial charge in [-0.05, 0) is 48.7 Å². The maximum Gasteiger partial charge on any atom is 0.387 e. The van der Waals surface area contributed by atoms with Gasteiger partial charge in [-0.2, -0.15) is 17.6 Å². The Labute approximate surface area is 158 Å². The first-order chi connectivity index (χ1) is 13.4. The van der Waals surface area contributed by atoms with Crippen molar-refractivity contribution in [2.45, 2.75) is 26.1 Å². The van der Waals surface area contributed by atoms with Crippen molar-refractivity contribution in [3.63, 3.8) is 0 Å². The average Bonchev–Trinajstić information content (AvgIpc) is 2.66. The van der Waals surface area contributed by atoms with Crippen LogP contribution in [-0.2, 0) is 11.2 Å². The Morgan fingerprint density at radius 1 is 1.11 bits per heavy atom. The molecule has 1 amide bonds. The van der Waals surface area contributed by atoms with Gasteiger partial charge in [0.1, 0.15) is 0 Å². The van der Waals surface area contributed by atoms with Crippen LogP contribution < -0.4 is 14.4 Å². The fourth-order valence-electron chi connectivity index (χ4n) is 2.89. The van der Waals surface area contributed by atoms with E-state index < -0.39 is 24.7 Å². The number of nitrogens with zero attached hydrogens (tertiary/aromatic N) is 2. The van der Waals surface area contributed by atoms with Gasteiger partial charge < -0.3 is 14.4 Å². The maximum atomic E-state index is 12.5. The lowest BCUT2D eigenvalue weighted by atomic mass is 10.1. The monoisotopic (exact) mass is 396 g/mol. The number of amides is 1. The van der Waals surface area contributed by atoms with Gasteiger partial charge >= 0.3 is 13.2 Å². The van der Waals surface area contributed by atoms with Gasteiger partial charge in [-0.15, -0.1) is 0 Å². The molecule has 0 fully saturated rings. The highest BCUT2D eigenvalue weighted by molar-refractivity contribution is 6.04. The van der Waals surface area contributed by atoms with E-state index in [2.05, 4.69) is 14.5 Å². The molecule has 3 rings (SSSR count). The van der Waals surface area contributed by atoms with Crippen molar-refractivity contribution in [3.05, 3.63) is 53.9 Å². The van der Waals surface area contributed by atoms with Gasteiger partial charge in [0.25, 0.3) is 5.91 Å². The highest BCUT2D eigenvalue weighted by atomic mass is 19.3. The van der Waals surface area contributed by atoms with Crippen LogP contribution >= 0.6 is 0 Å². The zero-order valence-corrected chi connectivity index (χ0v) is 14.5. The zero-order valence-electron chi connectivity index (χ0n) is 14.5. The Kier molecular flexibility index (Phi) is 6.13. The first-order valence-electron chi connectivity index (χ1n) is 8.41. The predicted octanol–water partition coefficient (Wildman–Crippen LogP) is 4.28. The molecule has 0 spiro atoms. The number of hydrogen-bond acceptors (Lipinski definition) is 4. The van der Waals surface area contributed by atoms with Gasteiger partial charge in [0, 0.05) is 18.8 Å². The van der Waals surface area contributed by atoms with Crippen molar-refractivity contribution in [2.75, 3.05) is 11.4 Å². The highest BCUT2D eigenvalue weighted by Gasteiger charge is 2.21.